The summed E-state index contributed by atoms with van der Waals surface area (Å²) in [6.45, 7) is 9.73. The summed E-state index contributed by atoms with van der Waals surface area (Å²) in [7, 11) is 0. The third-order valence-corrected chi connectivity index (χ3v) is 5.21. The fraction of sp³-hybridized carbons (Fsp3) is 0.292. The Labute approximate surface area is 174 Å². The molecule has 0 fully saturated rings. The van der Waals surface area contributed by atoms with Gasteiger partial charge in [0.05, 0.1) is 6.61 Å². The molecule has 30 heavy (non-hydrogen) atoms. The van der Waals surface area contributed by atoms with Crippen molar-refractivity contribution in [1.82, 2.24) is 5.32 Å². The van der Waals surface area contributed by atoms with Gasteiger partial charge in [-0.3, -0.25) is 4.79 Å². The number of nitrogens with one attached hydrogen (secondary N) is 1. The fourth-order valence-corrected chi connectivity index (χ4v) is 3.44. The Morgan fingerprint density at radius 1 is 1.17 bits per heavy atom. The van der Waals surface area contributed by atoms with Crippen molar-refractivity contribution in [2.24, 2.45) is 0 Å². The monoisotopic (exact) mass is 413 g/mol. The van der Waals surface area contributed by atoms with E-state index in [9.17, 15) is 13.6 Å². The number of benzene rings is 2. The van der Waals surface area contributed by atoms with E-state index in [1.807, 2.05) is 33.8 Å². The molecule has 1 amide bonds. The summed E-state index contributed by atoms with van der Waals surface area (Å²) in [5.41, 5.74) is 3.94. The predicted octanol–water partition coefficient (Wildman–Crippen LogP) is 5.75. The molecule has 1 heterocycles. The Kier molecular flexibility index (Phi) is 6.25. The van der Waals surface area contributed by atoms with Gasteiger partial charge in [-0.15, -0.1) is 0 Å². The summed E-state index contributed by atoms with van der Waals surface area (Å²) in [5.74, 6) is -0.349. The molecule has 0 bridgehead atoms. The van der Waals surface area contributed by atoms with E-state index < -0.39 is 17.5 Å². The molecule has 3 aromatic rings. The summed E-state index contributed by atoms with van der Waals surface area (Å²) in [6, 6.07) is 5.56. The largest absolute Gasteiger partial charge is 0.493 e. The maximum Gasteiger partial charge on any atom is 0.244 e. The highest BCUT2D eigenvalue weighted by atomic mass is 19.1. The van der Waals surface area contributed by atoms with Crippen molar-refractivity contribution >= 4 is 22.4 Å². The van der Waals surface area contributed by atoms with Gasteiger partial charge in [0, 0.05) is 34.7 Å². The van der Waals surface area contributed by atoms with Crippen molar-refractivity contribution in [3.63, 3.8) is 0 Å². The molecule has 0 aliphatic carbocycles. The maximum atomic E-state index is 13.8. The van der Waals surface area contributed by atoms with Crippen LogP contribution in [0.25, 0.3) is 16.5 Å². The third kappa shape index (κ3) is 4.08. The molecule has 158 valence electrons. The van der Waals surface area contributed by atoms with Crippen molar-refractivity contribution in [3.8, 4) is 5.75 Å². The van der Waals surface area contributed by atoms with E-state index in [-0.39, 0.29) is 12.1 Å². The van der Waals surface area contributed by atoms with Crippen molar-refractivity contribution in [1.29, 1.82) is 0 Å². The van der Waals surface area contributed by atoms with Crippen LogP contribution in [-0.2, 0) is 11.3 Å². The lowest BCUT2D eigenvalue weighted by Crippen LogP contribution is -2.22. The second-order valence-corrected chi connectivity index (χ2v) is 7.22. The molecule has 1 N–H and O–H groups in total. The highest BCUT2D eigenvalue weighted by molar-refractivity contribution is 5.98. The van der Waals surface area contributed by atoms with E-state index in [4.69, 9.17) is 9.15 Å². The quantitative estimate of drug-likeness (QED) is 0.523. The summed E-state index contributed by atoms with van der Waals surface area (Å²) >= 11 is 0. The number of halogens is 2. The predicted molar refractivity (Wildman–Crippen MR) is 113 cm³/mol. The van der Waals surface area contributed by atoms with Crippen molar-refractivity contribution in [2.75, 3.05) is 6.61 Å². The van der Waals surface area contributed by atoms with Crippen molar-refractivity contribution in [2.45, 2.75) is 41.2 Å². The zero-order chi connectivity index (χ0) is 22.0. The molecule has 1 aromatic heterocycles. The average Bonchev–Trinajstić information content (AvgIpc) is 2.98. The van der Waals surface area contributed by atoms with Crippen LogP contribution in [0, 0.1) is 32.4 Å². The van der Waals surface area contributed by atoms with Crippen LogP contribution in [0.3, 0.4) is 0 Å². The van der Waals surface area contributed by atoms with E-state index in [1.54, 1.807) is 6.92 Å². The van der Waals surface area contributed by atoms with Gasteiger partial charge >= 0.3 is 0 Å². The number of amides is 1. The number of rotatable bonds is 6. The molecule has 0 aliphatic rings. The molecular formula is C24H25F2NO3. The Balaban J connectivity index is 1.93. The highest BCUT2D eigenvalue weighted by Gasteiger charge is 2.19. The second kappa shape index (κ2) is 8.69. The minimum Gasteiger partial charge on any atom is -0.493 e. The number of hydrogen-bond donors (Lipinski definition) is 1. The summed E-state index contributed by atoms with van der Waals surface area (Å²) in [4.78, 5) is 12.4. The van der Waals surface area contributed by atoms with E-state index in [0.717, 1.165) is 45.6 Å². The number of allylic oxidation sites excluding steroid dienone is 1. The van der Waals surface area contributed by atoms with Gasteiger partial charge in [-0.05, 0) is 64.0 Å². The molecule has 0 atom stereocenters. The lowest BCUT2D eigenvalue weighted by atomic mass is 9.98. The van der Waals surface area contributed by atoms with Crippen LogP contribution < -0.4 is 10.1 Å². The summed E-state index contributed by atoms with van der Waals surface area (Å²) in [5, 5.41) is 3.51. The van der Waals surface area contributed by atoms with E-state index >= 15 is 0 Å². The van der Waals surface area contributed by atoms with Crippen LogP contribution in [-0.4, -0.2) is 12.5 Å². The van der Waals surface area contributed by atoms with Gasteiger partial charge in [-0.1, -0.05) is 6.07 Å². The Hall–Kier alpha value is -3.15. The standard InChI is InChI=1S/C24H25F2NO3/c1-6-29-23-15(4)24-18(14(3)16(5)30-24)11-17(23)13(2)10-22(28)27-12-19-20(25)8-7-9-21(19)26/h7-11H,6,12H2,1-5H3,(H,27,28)/b13-10+. The zero-order valence-corrected chi connectivity index (χ0v) is 17.8. The van der Waals surface area contributed by atoms with Crippen LogP contribution in [0.4, 0.5) is 8.78 Å². The number of fused-ring (bicyclic) bond motifs is 1. The van der Waals surface area contributed by atoms with Gasteiger partial charge in [0.1, 0.15) is 28.7 Å². The molecule has 0 saturated carbocycles. The van der Waals surface area contributed by atoms with Crippen LogP contribution in [0.5, 0.6) is 5.75 Å². The number of carbonyl (C=O) groups excluding carboxylic acids is 1. The van der Waals surface area contributed by atoms with Gasteiger partial charge in [-0.2, -0.15) is 0 Å². The molecule has 0 unspecified atom stereocenters. The van der Waals surface area contributed by atoms with E-state index in [2.05, 4.69) is 5.32 Å². The third-order valence-electron chi connectivity index (χ3n) is 5.21. The molecule has 0 radical (unpaired) electrons. The summed E-state index contributed by atoms with van der Waals surface area (Å²) < 4.78 is 39.3. The van der Waals surface area contributed by atoms with Crippen LogP contribution >= 0.6 is 0 Å². The van der Waals surface area contributed by atoms with Crippen molar-refractivity contribution < 1.29 is 22.7 Å². The Bertz CT molecular complexity index is 1130. The van der Waals surface area contributed by atoms with Crippen molar-refractivity contribution in [3.05, 3.63) is 70.0 Å². The molecule has 0 spiro atoms. The lowest BCUT2D eigenvalue weighted by molar-refractivity contribution is -0.116. The minimum absolute atomic E-state index is 0.173. The SMILES string of the molecule is CCOc1c(/C(C)=C/C(=O)NCc2c(F)cccc2F)cc2c(C)c(C)oc2c1C. The average molecular weight is 413 g/mol. The number of ether oxygens (including phenoxy) is 1. The molecule has 2 aromatic carbocycles. The summed E-state index contributed by atoms with van der Waals surface area (Å²) in [6.07, 6.45) is 1.41. The lowest BCUT2D eigenvalue weighted by Gasteiger charge is -2.14. The van der Waals surface area contributed by atoms with Crippen LogP contribution in [0.15, 0.2) is 34.8 Å². The first-order valence-corrected chi connectivity index (χ1v) is 9.80. The molecule has 3 rings (SSSR count). The van der Waals surface area contributed by atoms with Crippen LogP contribution in [0.1, 0.15) is 41.9 Å². The van der Waals surface area contributed by atoms with E-state index in [0.29, 0.717) is 17.9 Å². The molecule has 6 heteroatoms. The molecule has 0 aliphatic heterocycles. The number of furan rings is 1. The zero-order valence-electron chi connectivity index (χ0n) is 17.8. The number of aryl methyl sites for hydroxylation is 3. The maximum absolute atomic E-state index is 13.8. The van der Waals surface area contributed by atoms with Crippen LogP contribution in [0.2, 0.25) is 0 Å². The Morgan fingerprint density at radius 3 is 2.47 bits per heavy atom. The smallest absolute Gasteiger partial charge is 0.244 e. The van der Waals surface area contributed by atoms with E-state index in [1.165, 1.54) is 12.1 Å². The molecule has 4 nitrogen and oxygen atoms in total. The number of carbonyl (C=O) groups is 1. The van der Waals surface area contributed by atoms with Gasteiger partial charge in [0.25, 0.3) is 0 Å². The second-order valence-electron chi connectivity index (χ2n) is 7.22. The fourth-order valence-electron chi connectivity index (χ4n) is 3.44. The first-order valence-electron chi connectivity index (χ1n) is 9.80. The normalized spacial score (nSPS) is 11.8. The van der Waals surface area contributed by atoms with Gasteiger partial charge in [0.2, 0.25) is 5.91 Å². The number of hydrogen-bond acceptors (Lipinski definition) is 3. The Morgan fingerprint density at radius 2 is 1.83 bits per heavy atom. The minimum atomic E-state index is -0.693. The molecule has 0 saturated heterocycles. The van der Waals surface area contributed by atoms with Gasteiger partial charge in [-0.25, -0.2) is 8.78 Å². The molecular weight excluding hydrogens is 388 g/mol. The topological polar surface area (TPSA) is 51.5 Å². The highest BCUT2D eigenvalue weighted by Crippen LogP contribution is 2.38. The van der Waals surface area contributed by atoms with Gasteiger partial charge in [0.15, 0.2) is 0 Å². The first-order chi connectivity index (χ1) is 14.2. The van der Waals surface area contributed by atoms with Gasteiger partial charge < -0.3 is 14.5 Å². The first kappa shape index (κ1) is 21.6.